The van der Waals surface area contributed by atoms with E-state index in [4.69, 9.17) is 0 Å². The Morgan fingerprint density at radius 1 is 0.906 bits per heavy atom. The molecule has 4 aliphatic carbocycles. The summed E-state index contributed by atoms with van der Waals surface area (Å²) in [5.41, 5.74) is -0.197. The van der Waals surface area contributed by atoms with E-state index in [-0.39, 0.29) is 45.6 Å². The van der Waals surface area contributed by atoms with E-state index < -0.39 is 0 Å². The van der Waals surface area contributed by atoms with Crippen molar-refractivity contribution in [2.75, 3.05) is 0 Å². The van der Waals surface area contributed by atoms with Crippen LogP contribution in [0, 0.1) is 57.7 Å². The van der Waals surface area contributed by atoms with Crippen molar-refractivity contribution in [2.45, 2.75) is 93.4 Å². The molecule has 4 fully saturated rings. The number of fused-ring (bicyclic) bond motifs is 3. The molecule has 3 heteroatoms. The van der Waals surface area contributed by atoms with E-state index in [2.05, 4.69) is 26.8 Å². The molecule has 0 aliphatic heterocycles. The number of Topliss-reactive ketones (excluding diaryl/α,β-unsaturated/α-hetero) is 2. The quantitative estimate of drug-likeness (QED) is 0.462. The lowest BCUT2D eigenvalue weighted by Crippen LogP contribution is -2.51. The standard InChI is InChI=1S/C29H44O3/c1-17-8-9-19-22-10-11-24(25(31)20-16-21(20)26(32)27(3,4)5)29(22,7)15-13-23(19)28(17,6)14-12-18(2)30/h12,14,17,19-24H,8-11,13,15-16H2,1-7H3/b14-12-/t17?,19?,20?,21?,22?,23?,24?,28-,29-/m0/s1. The summed E-state index contributed by atoms with van der Waals surface area (Å²) < 4.78 is 0. The van der Waals surface area contributed by atoms with Crippen molar-refractivity contribution in [1.29, 1.82) is 0 Å². The number of carbonyl (C=O) groups excluding carboxylic acids is 3. The maximum absolute atomic E-state index is 13.6. The molecule has 4 aliphatic rings. The average Bonchev–Trinajstić information content (AvgIpc) is 3.42. The number of allylic oxidation sites excluding steroid dienone is 2. The van der Waals surface area contributed by atoms with E-state index in [1.165, 1.54) is 12.8 Å². The highest BCUT2D eigenvalue weighted by molar-refractivity contribution is 5.97. The van der Waals surface area contributed by atoms with Crippen molar-refractivity contribution < 1.29 is 14.4 Å². The Balaban J connectivity index is 1.52. The van der Waals surface area contributed by atoms with Crippen LogP contribution in [-0.4, -0.2) is 17.3 Å². The number of hydrogen-bond acceptors (Lipinski definition) is 3. The summed E-state index contributed by atoms with van der Waals surface area (Å²) in [6, 6.07) is 0. The van der Waals surface area contributed by atoms with E-state index in [9.17, 15) is 14.4 Å². The highest BCUT2D eigenvalue weighted by Gasteiger charge is 2.62. The minimum atomic E-state index is -0.351. The molecule has 0 aromatic carbocycles. The van der Waals surface area contributed by atoms with E-state index in [1.807, 2.05) is 20.8 Å². The van der Waals surface area contributed by atoms with Crippen LogP contribution in [0.4, 0.5) is 0 Å². The van der Waals surface area contributed by atoms with Gasteiger partial charge < -0.3 is 0 Å². The first-order valence-corrected chi connectivity index (χ1v) is 13.1. The van der Waals surface area contributed by atoms with Gasteiger partial charge in [-0.25, -0.2) is 0 Å². The van der Waals surface area contributed by atoms with Crippen LogP contribution in [0.1, 0.15) is 93.4 Å². The van der Waals surface area contributed by atoms with E-state index in [0.717, 1.165) is 32.1 Å². The molecule has 4 rings (SSSR count). The topological polar surface area (TPSA) is 51.2 Å². The first-order valence-electron chi connectivity index (χ1n) is 13.1. The molecule has 0 aromatic rings. The molecule has 178 valence electrons. The first-order chi connectivity index (χ1) is 14.8. The van der Waals surface area contributed by atoms with Crippen LogP contribution in [-0.2, 0) is 14.4 Å². The third kappa shape index (κ3) is 3.76. The molecule has 3 nitrogen and oxygen atoms in total. The van der Waals surface area contributed by atoms with Crippen molar-refractivity contribution in [3.8, 4) is 0 Å². The Labute approximate surface area is 195 Å². The number of carbonyl (C=O) groups is 3. The second kappa shape index (κ2) is 7.91. The maximum Gasteiger partial charge on any atom is 0.152 e. The molecule has 0 bridgehead atoms. The van der Waals surface area contributed by atoms with Crippen LogP contribution in [0.3, 0.4) is 0 Å². The van der Waals surface area contributed by atoms with Gasteiger partial charge in [-0.15, -0.1) is 0 Å². The Morgan fingerprint density at radius 3 is 2.22 bits per heavy atom. The van der Waals surface area contributed by atoms with Gasteiger partial charge in [-0.05, 0) is 92.4 Å². The van der Waals surface area contributed by atoms with E-state index in [1.54, 1.807) is 13.0 Å². The van der Waals surface area contributed by atoms with Gasteiger partial charge >= 0.3 is 0 Å². The molecule has 7 unspecified atom stereocenters. The van der Waals surface area contributed by atoms with Crippen LogP contribution in [0.5, 0.6) is 0 Å². The van der Waals surface area contributed by atoms with Gasteiger partial charge in [-0.1, -0.05) is 47.6 Å². The number of rotatable bonds is 5. The zero-order chi connectivity index (χ0) is 23.6. The number of hydrogen-bond donors (Lipinski definition) is 0. The summed E-state index contributed by atoms with van der Waals surface area (Å²) in [7, 11) is 0. The van der Waals surface area contributed by atoms with Crippen LogP contribution >= 0.6 is 0 Å². The van der Waals surface area contributed by atoms with Gasteiger partial charge in [0, 0.05) is 23.2 Å². The molecule has 0 heterocycles. The Kier molecular flexibility index (Phi) is 5.91. The molecule has 0 saturated heterocycles. The van der Waals surface area contributed by atoms with Gasteiger partial charge in [-0.2, -0.15) is 0 Å². The van der Waals surface area contributed by atoms with Crippen molar-refractivity contribution in [3.63, 3.8) is 0 Å². The van der Waals surface area contributed by atoms with Crippen molar-refractivity contribution in [2.24, 2.45) is 57.7 Å². The molecule has 0 N–H and O–H groups in total. The zero-order valence-electron chi connectivity index (χ0n) is 21.4. The van der Waals surface area contributed by atoms with Crippen LogP contribution in [0.25, 0.3) is 0 Å². The van der Waals surface area contributed by atoms with Crippen molar-refractivity contribution in [3.05, 3.63) is 12.2 Å². The lowest BCUT2D eigenvalue weighted by Gasteiger charge is -2.57. The predicted molar refractivity (Wildman–Crippen MR) is 128 cm³/mol. The first kappa shape index (κ1) is 23.9. The van der Waals surface area contributed by atoms with Crippen LogP contribution < -0.4 is 0 Å². The van der Waals surface area contributed by atoms with Crippen LogP contribution in [0.2, 0.25) is 0 Å². The molecule has 4 saturated carbocycles. The average molecular weight is 441 g/mol. The molecular formula is C29H44O3. The molecule has 32 heavy (non-hydrogen) atoms. The Hall–Kier alpha value is -1.25. The fourth-order valence-corrected chi connectivity index (χ4v) is 8.25. The van der Waals surface area contributed by atoms with Gasteiger partial charge in [0.1, 0.15) is 11.6 Å². The number of ketones is 3. The molecule has 0 spiro atoms. The van der Waals surface area contributed by atoms with Gasteiger partial charge in [0.05, 0.1) is 0 Å². The maximum atomic E-state index is 13.6. The summed E-state index contributed by atoms with van der Waals surface area (Å²) >= 11 is 0. The van der Waals surface area contributed by atoms with Gasteiger partial charge in [0.15, 0.2) is 5.78 Å². The van der Waals surface area contributed by atoms with Crippen molar-refractivity contribution >= 4 is 17.3 Å². The highest BCUT2D eigenvalue weighted by atomic mass is 16.1. The second-order valence-corrected chi connectivity index (χ2v) is 13.3. The predicted octanol–water partition coefficient (Wildman–Crippen LogP) is 6.45. The SMILES string of the molecule is CC(=O)/C=C\[C@@]1(C)C(C)CCC2C1CC[C@]1(C)C(C(=O)C3CC3C(=O)C(C)(C)C)CCC21. The fraction of sp³-hybridized carbons (Fsp3) is 0.828. The summed E-state index contributed by atoms with van der Waals surface area (Å²) in [6.07, 6.45) is 11.7. The highest BCUT2D eigenvalue weighted by Crippen LogP contribution is 2.66. The van der Waals surface area contributed by atoms with E-state index in [0.29, 0.717) is 29.5 Å². The molecule has 0 aromatic heterocycles. The minimum Gasteiger partial charge on any atom is -0.299 e. The van der Waals surface area contributed by atoms with Gasteiger partial charge in [0.2, 0.25) is 0 Å². The smallest absolute Gasteiger partial charge is 0.152 e. The lowest BCUT2D eigenvalue weighted by atomic mass is 9.47. The van der Waals surface area contributed by atoms with Crippen LogP contribution in [0.15, 0.2) is 12.2 Å². The third-order valence-corrected chi connectivity index (χ3v) is 10.5. The second-order valence-electron chi connectivity index (χ2n) is 13.3. The summed E-state index contributed by atoms with van der Waals surface area (Å²) in [5, 5.41) is 0. The van der Waals surface area contributed by atoms with Gasteiger partial charge in [0.25, 0.3) is 0 Å². The Morgan fingerprint density at radius 2 is 1.59 bits per heavy atom. The molecule has 9 atom stereocenters. The monoisotopic (exact) mass is 440 g/mol. The third-order valence-electron chi connectivity index (χ3n) is 10.5. The Bertz CT molecular complexity index is 832. The van der Waals surface area contributed by atoms with Gasteiger partial charge in [-0.3, -0.25) is 14.4 Å². The summed E-state index contributed by atoms with van der Waals surface area (Å²) in [6.45, 7) is 14.7. The summed E-state index contributed by atoms with van der Waals surface area (Å²) in [5.74, 6) is 3.33. The molecule has 0 amide bonds. The molecule has 0 radical (unpaired) electrons. The zero-order valence-corrected chi connectivity index (χ0v) is 21.4. The fourth-order valence-electron chi connectivity index (χ4n) is 8.25. The van der Waals surface area contributed by atoms with Crippen molar-refractivity contribution in [1.82, 2.24) is 0 Å². The molecular weight excluding hydrogens is 396 g/mol. The normalized spacial score (nSPS) is 45.9. The summed E-state index contributed by atoms with van der Waals surface area (Å²) in [4.78, 5) is 38.1. The minimum absolute atomic E-state index is 0.0184. The lowest BCUT2D eigenvalue weighted by molar-refractivity contribution is -0.135. The largest absolute Gasteiger partial charge is 0.299 e. The van der Waals surface area contributed by atoms with E-state index >= 15 is 0 Å².